The molecule has 1 N–H and O–H groups in total. The molecule has 1 aliphatic rings. The van der Waals surface area contributed by atoms with Crippen LogP contribution in [-0.4, -0.2) is 49.9 Å². The Morgan fingerprint density at radius 2 is 1.89 bits per heavy atom. The highest BCUT2D eigenvalue weighted by Gasteiger charge is 2.35. The molecule has 0 saturated heterocycles. The van der Waals surface area contributed by atoms with Crippen LogP contribution in [0, 0.1) is 0 Å². The minimum Gasteiger partial charge on any atom is -0.493 e. The van der Waals surface area contributed by atoms with Crippen molar-refractivity contribution in [1.29, 1.82) is 0 Å². The van der Waals surface area contributed by atoms with Crippen molar-refractivity contribution in [3.05, 3.63) is 40.9 Å². The van der Waals surface area contributed by atoms with Crippen molar-refractivity contribution in [3.63, 3.8) is 0 Å². The Bertz CT molecular complexity index is 944. The molecule has 0 radical (unpaired) electrons. The summed E-state index contributed by atoms with van der Waals surface area (Å²) in [5.74, 6) is -0.130. The first kappa shape index (κ1) is 33.3. The number of nitrogens with zero attached hydrogens (tertiary/aromatic N) is 3. The summed E-state index contributed by atoms with van der Waals surface area (Å²) in [6, 6.07) is 4.15. The highest BCUT2D eigenvalue weighted by atomic mass is 32.1. The molecular weight excluding hydrogens is 491 g/mol. The van der Waals surface area contributed by atoms with Gasteiger partial charge in [-0.25, -0.2) is 4.98 Å². The van der Waals surface area contributed by atoms with Gasteiger partial charge in [-0.3, -0.25) is 4.99 Å². The van der Waals surface area contributed by atoms with Crippen molar-refractivity contribution in [3.8, 4) is 5.75 Å². The smallest absolute Gasteiger partial charge is 0.420 e. The second kappa shape index (κ2) is 18.5. The first-order chi connectivity index (χ1) is 17.3. The molecule has 1 aromatic heterocycles. The zero-order valence-electron chi connectivity index (χ0n) is 21.9. The molecule has 0 atom stereocenters. The Labute approximate surface area is 216 Å². The van der Waals surface area contributed by atoms with Gasteiger partial charge in [0.2, 0.25) is 0 Å². The van der Waals surface area contributed by atoms with E-state index in [1.807, 2.05) is 26.2 Å². The number of halogens is 3. The number of hydrogen-bond acceptors (Lipinski definition) is 7. The van der Waals surface area contributed by atoms with Crippen LogP contribution in [0.5, 0.6) is 5.75 Å². The van der Waals surface area contributed by atoms with E-state index in [9.17, 15) is 13.2 Å². The van der Waals surface area contributed by atoms with Crippen LogP contribution in [0.4, 0.5) is 24.0 Å². The molecule has 0 fully saturated rings. The number of allylic oxidation sites excluding steroid dienone is 1. The van der Waals surface area contributed by atoms with Gasteiger partial charge in [0.15, 0.2) is 5.13 Å². The standard InChI is InChI=1S/C21H24F3N3OS.C2H4O.C2H6.CH4O/c1-3-4-5-11-28-19-9-8-16(12-17(19)21(22,23)24)27(2)20-26-18(14-29-20)15-7-6-10-25-13-15;1-2-3;2*1-2/h7-9,12-14H,3-6,10-11H2,1-2H3;2H,1H3;1-2H3;2H,1H3. The number of aldehydes is 1. The Hall–Kier alpha value is -2.72. The van der Waals surface area contributed by atoms with Gasteiger partial charge in [0, 0.05) is 43.6 Å². The number of aliphatic hydroxyl groups is 1. The summed E-state index contributed by atoms with van der Waals surface area (Å²) in [5, 5.41) is 9.51. The van der Waals surface area contributed by atoms with Crippen LogP contribution in [0.15, 0.2) is 34.6 Å². The van der Waals surface area contributed by atoms with Gasteiger partial charge in [0.05, 0.1) is 17.9 Å². The normalized spacial score (nSPS) is 12.0. The van der Waals surface area contributed by atoms with Crippen LogP contribution in [0.25, 0.3) is 5.57 Å². The molecule has 0 unspecified atom stereocenters. The summed E-state index contributed by atoms with van der Waals surface area (Å²) in [4.78, 5) is 19.3. The minimum atomic E-state index is -4.49. The average Bonchev–Trinajstić information content (AvgIpc) is 3.39. The minimum absolute atomic E-state index is 0.130. The Morgan fingerprint density at radius 1 is 1.22 bits per heavy atom. The summed E-state index contributed by atoms with van der Waals surface area (Å²) in [6.07, 6.45) is 3.62. The second-order valence-electron chi connectivity index (χ2n) is 7.03. The van der Waals surface area contributed by atoms with E-state index in [2.05, 4.69) is 16.1 Å². The number of ether oxygens (including phenoxy) is 1. The molecule has 0 amide bonds. The number of anilines is 2. The lowest BCUT2D eigenvalue weighted by molar-refractivity contribution is -0.138. The van der Waals surface area contributed by atoms with Crippen LogP contribution in [0.2, 0.25) is 0 Å². The van der Waals surface area contributed by atoms with Crippen molar-refractivity contribution in [2.24, 2.45) is 4.99 Å². The van der Waals surface area contributed by atoms with Gasteiger partial charge in [-0.2, -0.15) is 13.2 Å². The van der Waals surface area contributed by atoms with E-state index >= 15 is 0 Å². The number of alkyl halides is 3. The fourth-order valence-corrected chi connectivity index (χ4v) is 3.77. The fraction of sp³-hybridized carbons (Fsp3) is 0.500. The second-order valence-corrected chi connectivity index (χ2v) is 7.86. The van der Waals surface area contributed by atoms with Crippen LogP contribution in [0.1, 0.15) is 64.6 Å². The number of aliphatic imine (C=N–C) groups is 1. The van der Waals surface area contributed by atoms with Gasteiger partial charge in [-0.1, -0.05) is 39.7 Å². The largest absolute Gasteiger partial charge is 0.493 e. The third-order valence-electron chi connectivity index (χ3n) is 4.59. The fourth-order valence-electron chi connectivity index (χ4n) is 2.95. The van der Waals surface area contributed by atoms with Gasteiger partial charge in [0.1, 0.15) is 12.0 Å². The van der Waals surface area contributed by atoms with Crippen LogP contribution in [-0.2, 0) is 11.0 Å². The zero-order chi connectivity index (χ0) is 27.6. The molecular formula is C26H38F3N3O3S. The predicted octanol–water partition coefficient (Wildman–Crippen LogP) is 7.20. The number of rotatable bonds is 8. The molecule has 2 heterocycles. The van der Waals surface area contributed by atoms with Crippen LogP contribution >= 0.6 is 11.3 Å². The van der Waals surface area contributed by atoms with E-state index in [1.165, 1.54) is 24.3 Å². The quantitative estimate of drug-likeness (QED) is 0.289. The molecule has 3 rings (SSSR count). The van der Waals surface area contributed by atoms with E-state index in [0.29, 0.717) is 10.8 Å². The molecule has 0 spiro atoms. The number of aliphatic hydroxyl groups excluding tert-OH is 1. The molecule has 202 valence electrons. The third kappa shape index (κ3) is 10.9. The predicted molar refractivity (Wildman–Crippen MR) is 144 cm³/mol. The lowest BCUT2D eigenvalue weighted by atomic mass is 10.1. The highest BCUT2D eigenvalue weighted by molar-refractivity contribution is 7.14. The number of hydrogen-bond donors (Lipinski definition) is 1. The molecule has 10 heteroatoms. The Kier molecular flexibility index (Phi) is 17.1. The number of carbonyl (C=O) groups excluding carboxylic acids is 1. The monoisotopic (exact) mass is 529 g/mol. The molecule has 36 heavy (non-hydrogen) atoms. The van der Waals surface area contributed by atoms with Crippen LogP contribution in [0.3, 0.4) is 0 Å². The number of thiazole rings is 1. The van der Waals surface area contributed by atoms with E-state index < -0.39 is 11.7 Å². The van der Waals surface area contributed by atoms with Crippen molar-refractivity contribution < 1.29 is 27.8 Å². The maximum absolute atomic E-state index is 13.6. The number of aromatic nitrogens is 1. The average molecular weight is 530 g/mol. The molecule has 1 aliphatic heterocycles. The lowest BCUT2D eigenvalue weighted by Gasteiger charge is -2.20. The van der Waals surface area contributed by atoms with E-state index in [-0.39, 0.29) is 12.4 Å². The van der Waals surface area contributed by atoms with Gasteiger partial charge in [-0.05, 0) is 38.0 Å². The molecule has 1 aromatic carbocycles. The Balaban J connectivity index is 0.00000159. The SMILES string of the molecule is CC.CC=O.CCCCCOc1ccc(N(C)c2nc(C3=CCCN=C3)cs2)cc1C(F)(F)F.CO. The van der Waals surface area contributed by atoms with Gasteiger partial charge in [0.25, 0.3) is 0 Å². The van der Waals surface area contributed by atoms with Crippen LogP contribution < -0.4 is 9.64 Å². The third-order valence-corrected chi connectivity index (χ3v) is 5.51. The Morgan fingerprint density at radius 3 is 2.44 bits per heavy atom. The highest BCUT2D eigenvalue weighted by Crippen LogP contribution is 2.40. The van der Waals surface area contributed by atoms with Crippen molar-refractivity contribution in [2.45, 2.75) is 59.6 Å². The summed E-state index contributed by atoms with van der Waals surface area (Å²) < 4.78 is 46.2. The summed E-state index contributed by atoms with van der Waals surface area (Å²) in [7, 11) is 2.71. The zero-order valence-corrected chi connectivity index (χ0v) is 22.7. The molecule has 0 bridgehead atoms. The number of carbonyl (C=O) groups is 1. The van der Waals surface area contributed by atoms with Gasteiger partial charge in [-0.15, -0.1) is 11.3 Å². The number of dihydropyridines is 1. The first-order valence-corrected chi connectivity index (χ1v) is 12.8. The molecule has 6 nitrogen and oxygen atoms in total. The number of benzene rings is 1. The van der Waals surface area contributed by atoms with Crippen molar-refractivity contribution in [1.82, 2.24) is 4.98 Å². The summed E-state index contributed by atoms with van der Waals surface area (Å²) in [5.41, 5.74) is 1.37. The topological polar surface area (TPSA) is 75.0 Å². The van der Waals surface area contributed by atoms with E-state index in [1.54, 1.807) is 24.2 Å². The summed E-state index contributed by atoms with van der Waals surface area (Å²) in [6.45, 7) is 8.53. The summed E-state index contributed by atoms with van der Waals surface area (Å²) >= 11 is 1.38. The van der Waals surface area contributed by atoms with Gasteiger partial charge < -0.3 is 19.5 Å². The van der Waals surface area contributed by atoms with Gasteiger partial charge >= 0.3 is 6.18 Å². The van der Waals surface area contributed by atoms with Crippen molar-refractivity contribution >= 4 is 40.2 Å². The molecule has 0 aliphatic carbocycles. The molecule has 2 aromatic rings. The van der Waals surface area contributed by atoms with E-state index in [4.69, 9.17) is 14.6 Å². The van der Waals surface area contributed by atoms with E-state index in [0.717, 1.165) is 63.0 Å². The van der Waals surface area contributed by atoms with Crippen molar-refractivity contribution in [2.75, 3.05) is 32.2 Å². The lowest BCUT2D eigenvalue weighted by Crippen LogP contribution is -2.14. The number of unbranched alkanes of at least 4 members (excludes halogenated alkanes) is 2. The first-order valence-electron chi connectivity index (χ1n) is 11.9. The maximum Gasteiger partial charge on any atom is 0.420 e. The maximum atomic E-state index is 13.6. The molecule has 0 saturated carbocycles.